The van der Waals surface area contributed by atoms with E-state index in [1.54, 1.807) is 6.92 Å². The molecule has 0 aromatic rings. The van der Waals surface area contributed by atoms with Crippen molar-refractivity contribution >= 4 is 16.1 Å². The summed E-state index contributed by atoms with van der Waals surface area (Å²) in [4.78, 5) is 9.48. The highest BCUT2D eigenvalue weighted by molar-refractivity contribution is 7.93. The first-order valence-electron chi connectivity index (χ1n) is 2.63. The van der Waals surface area contributed by atoms with Crippen molar-refractivity contribution in [1.29, 1.82) is 0 Å². The van der Waals surface area contributed by atoms with Crippen LogP contribution in [0, 0.1) is 0 Å². The summed E-state index contributed by atoms with van der Waals surface area (Å²) in [6.45, 7) is 1.77. The summed E-state index contributed by atoms with van der Waals surface area (Å²) in [6.07, 6.45) is 2.94. The zero-order valence-electron chi connectivity index (χ0n) is 5.44. The van der Waals surface area contributed by atoms with Gasteiger partial charge in [-0.3, -0.25) is 0 Å². The molecule has 0 aliphatic carbocycles. The second kappa shape index (κ2) is 3.98. The first-order valence-corrected chi connectivity index (χ1v) is 4.13. The highest BCUT2D eigenvalue weighted by Crippen LogP contribution is 1.93. The Kier molecular flexibility index (Phi) is 3.61. The van der Waals surface area contributed by atoms with Crippen LogP contribution >= 0.6 is 0 Å². The molecular weight excluding hydrogens is 154 g/mol. The van der Waals surface area contributed by atoms with Gasteiger partial charge in [0.05, 0.1) is 0 Å². The van der Waals surface area contributed by atoms with E-state index < -0.39 is 10.0 Å². The van der Waals surface area contributed by atoms with Gasteiger partial charge in [-0.1, -0.05) is 17.4 Å². The van der Waals surface area contributed by atoms with Crippen LogP contribution in [0.3, 0.4) is 0 Å². The average molecular weight is 161 g/mol. The van der Waals surface area contributed by atoms with Gasteiger partial charge in [-0.25, -0.2) is 4.79 Å². The fraction of sp³-hybridized carbons (Fsp3) is 0.400. The van der Waals surface area contributed by atoms with Crippen molar-refractivity contribution < 1.29 is 13.2 Å². The average Bonchev–Trinajstić information content (AvgIpc) is 1.84. The van der Waals surface area contributed by atoms with Gasteiger partial charge in [-0.15, -0.1) is 0 Å². The Morgan fingerprint density at radius 3 is 2.60 bits per heavy atom. The molecular formula is C5H7NO3S. The molecule has 0 spiro atoms. The molecule has 0 aliphatic rings. The minimum absolute atomic E-state index is 0.591. The van der Waals surface area contributed by atoms with Gasteiger partial charge in [0.25, 0.3) is 16.1 Å². The molecule has 0 aromatic carbocycles. The zero-order chi connectivity index (χ0) is 8.04. The Labute approximate surface area is 59.3 Å². The van der Waals surface area contributed by atoms with E-state index in [1.165, 1.54) is 6.08 Å². The van der Waals surface area contributed by atoms with Crippen molar-refractivity contribution in [2.24, 2.45) is 4.40 Å². The van der Waals surface area contributed by atoms with Crippen molar-refractivity contribution in [1.82, 2.24) is 0 Å². The van der Waals surface area contributed by atoms with Crippen molar-refractivity contribution in [2.45, 2.75) is 13.3 Å². The van der Waals surface area contributed by atoms with Gasteiger partial charge < -0.3 is 0 Å². The SMILES string of the molecule is CCC=CS(=O)(=O)N=C=O. The molecule has 0 saturated carbocycles. The molecule has 0 unspecified atom stereocenters. The van der Waals surface area contributed by atoms with E-state index in [9.17, 15) is 13.2 Å². The van der Waals surface area contributed by atoms with Crippen molar-refractivity contribution in [3.63, 3.8) is 0 Å². The van der Waals surface area contributed by atoms with Gasteiger partial charge >= 0.3 is 0 Å². The van der Waals surface area contributed by atoms with Crippen molar-refractivity contribution in [3.05, 3.63) is 11.5 Å². The van der Waals surface area contributed by atoms with E-state index in [4.69, 9.17) is 0 Å². The van der Waals surface area contributed by atoms with Gasteiger partial charge in [0.1, 0.15) is 0 Å². The van der Waals surface area contributed by atoms with E-state index in [1.807, 2.05) is 0 Å². The number of sulfonamides is 1. The Hall–Kier alpha value is -0.930. The van der Waals surface area contributed by atoms with Crippen LogP contribution in [0.15, 0.2) is 15.9 Å². The standard InChI is InChI=1S/C5H7NO3S/c1-2-3-4-10(8,9)6-5-7/h3-4H,2H2,1H3. The number of hydrogen-bond donors (Lipinski definition) is 0. The van der Waals surface area contributed by atoms with Crippen LogP contribution in [0.4, 0.5) is 0 Å². The van der Waals surface area contributed by atoms with Crippen molar-refractivity contribution in [2.75, 3.05) is 0 Å². The molecule has 0 amide bonds. The molecule has 56 valence electrons. The van der Waals surface area contributed by atoms with Gasteiger partial charge in [-0.2, -0.15) is 8.42 Å². The minimum atomic E-state index is -3.67. The molecule has 0 heterocycles. The molecule has 0 aromatic heterocycles. The molecule has 0 bridgehead atoms. The van der Waals surface area contributed by atoms with Gasteiger partial charge in [-0.05, 0) is 6.42 Å². The first-order chi connectivity index (χ1) is 4.62. The Bertz CT molecular complexity index is 259. The van der Waals surface area contributed by atoms with E-state index >= 15 is 0 Å². The van der Waals surface area contributed by atoms with Crippen LogP contribution in [0.25, 0.3) is 0 Å². The van der Waals surface area contributed by atoms with Crippen LogP contribution in [-0.2, 0) is 14.8 Å². The maximum atomic E-state index is 10.5. The van der Waals surface area contributed by atoms with E-state index in [2.05, 4.69) is 4.40 Å². The predicted octanol–water partition coefficient (Wildman–Crippen LogP) is 0.576. The van der Waals surface area contributed by atoms with Crippen LogP contribution < -0.4 is 0 Å². The lowest BCUT2D eigenvalue weighted by molar-refractivity contribution is 0.564. The van der Waals surface area contributed by atoms with Crippen LogP contribution in [-0.4, -0.2) is 14.5 Å². The Balaban J connectivity index is 4.45. The largest absolute Gasteiger partial charge is 0.285 e. The molecule has 5 heteroatoms. The molecule has 0 radical (unpaired) electrons. The van der Waals surface area contributed by atoms with Gasteiger partial charge in [0.15, 0.2) is 0 Å². The summed E-state index contributed by atoms with van der Waals surface area (Å²) in [6, 6.07) is 0. The Morgan fingerprint density at radius 2 is 2.20 bits per heavy atom. The second-order valence-corrected chi connectivity index (χ2v) is 2.96. The van der Waals surface area contributed by atoms with E-state index in [0.29, 0.717) is 6.42 Å². The molecule has 4 nitrogen and oxygen atoms in total. The van der Waals surface area contributed by atoms with Crippen LogP contribution in [0.2, 0.25) is 0 Å². The molecule has 10 heavy (non-hydrogen) atoms. The Morgan fingerprint density at radius 1 is 1.60 bits per heavy atom. The first kappa shape index (κ1) is 9.07. The van der Waals surface area contributed by atoms with Gasteiger partial charge in [0.2, 0.25) is 0 Å². The summed E-state index contributed by atoms with van der Waals surface area (Å²) in [5.74, 6) is 0. The summed E-state index contributed by atoms with van der Waals surface area (Å²) in [7, 11) is -3.67. The maximum absolute atomic E-state index is 10.5. The fourth-order valence-corrected chi connectivity index (χ4v) is 0.901. The van der Waals surface area contributed by atoms with E-state index in [-0.39, 0.29) is 0 Å². The third-order valence-electron chi connectivity index (χ3n) is 0.668. The van der Waals surface area contributed by atoms with Crippen LogP contribution in [0.1, 0.15) is 13.3 Å². The molecule has 0 aliphatic heterocycles. The monoisotopic (exact) mass is 161 g/mol. The molecule has 0 atom stereocenters. The molecule has 0 fully saturated rings. The van der Waals surface area contributed by atoms with E-state index in [0.717, 1.165) is 11.5 Å². The van der Waals surface area contributed by atoms with Gasteiger partial charge in [0, 0.05) is 5.41 Å². The fourth-order valence-electron chi connectivity index (χ4n) is 0.300. The topological polar surface area (TPSA) is 63.6 Å². The number of rotatable bonds is 3. The third-order valence-corrected chi connectivity index (χ3v) is 1.53. The third kappa shape index (κ3) is 4.00. The van der Waals surface area contributed by atoms with Crippen LogP contribution in [0.5, 0.6) is 0 Å². The lowest BCUT2D eigenvalue weighted by Gasteiger charge is -1.80. The molecule has 0 N–H and O–H groups in total. The number of nitrogens with zero attached hydrogens (tertiary/aromatic N) is 1. The normalized spacial score (nSPS) is 11.3. The zero-order valence-corrected chi connectivity index (χ0v) is 6.26. The number of hydrogen-bond acceptors (Lipinski definition) is 3. The highest BCUT2D eigenvalue weighted by atomic mass is 32.2. The molecule has 0 saturated heterocycles. The lowest BCUT2D eigenvalue weighted by Crippen LogP contribution is -1.86. The number of isocyanates is 1. The number of carbonyl (C=O) groups excluding carboxylic acids is 1. The minimum Gasteiger partial charge on any atom is -0.210 e. The predicted molar refractivity (Wildman–Crippen MR) is 36.5 cm³/mol. The highest BCUT2D eigenvalue weighted by Gasteiger charge is 1.98. The summed E-state index contributed by atoms with van der Waals surface area (Å²) >= 11 is 0. The summed E-state index contributed by atoms with van der Waals surface area (Å²) < 4.78 is 23.5. The maximum Gasteiger partial charge on any atom is 0.285 e. The summed E-state index contributed by atoms with van der Waals surface area (Å²) in [5, 5.41) is 0.873. The summed E-state index contributed by atoms with van der Waals surface area (Å²) in [5.41, 5.74) is 0. The number of allylic oxidation sites excluding steroid dienone is 1. The molecule has 0 rings (SSSR count). The second-order valence-electron chi connectivity index (χ2n) is 1.48. The smallest absolute Gasteiger partial charge is 0.210 e. The quantitative estimate of drug-likeness (QED) is 0.449. The van der Waals surface area contributed by atoms with Crippen molar-refractivity contribution in [3.8, 4) is 0 Å². The lowest BCUT2D eigenvalue weighted by atomic mass is 10.5.